The molecule has 2 unspecified atom stereocenters. The van der Waals surface area contributed by atoms with Crippen molar-refractivity contribution in [2.75, 3.05) is 6.61 Å². The minimum Gasteiger partial charge on any atom is -0.492 e. The van der Waals surface area contributed by atoms with Crippen molar-refractivity contribution in [1.29, 1.82) is 0 Å². The average Bonchev–Trinajstić information content (AvgIpc) is 2.20. The summed E-state index contributed by atoms with van der Waals surface area (Å²) in [5, 5.41) is 10.1. The number of aliphatic hydroxyl groups excluding tert-OH is 1. The quantitative estimate of drug-likeness (QED) is 0.858. The molecule has 0 aromatic heterocycles. The van der Waals surface area contributed by atoms with Crippen LogP contribution in [0.2, 0.25) is 5.02 Å². The minimum absolute atomic E-state index is 0.0816. The van der Waals surface area contributed by atoms with Crippen LogP contribution in [0.15, 0.2) is 18.2 Å². The first-order valence-electron chi connectivity index (χ1n) is 5.16. The van der Waals surface area contributed by atoms with Crippen molar-refractivity contribution in [1.82, 2.24) is 0 Å². The molecule has 0 saturated carbocycles. The molecule has 0 aliphatic heterocycles. The maximum absolute atomic E-state index is 9.46. The van der Waals surface area contributed by atoms with Gasteiger partial charge in [-0.05, 0) is 31.5 Å². The molecule has 0 fully saturated rings. The van der Waals surface area contributed by atoms with Crippen LogP contribution in [0.1, 0.15) is 32.3 Å². The zero-order valence-corrected chi connectivity index (χ0v) is 10.1. The highest BCUT2D eigenvalue weighted by Crippen LogP contribution is 2.29. The fraction of sp³-hybridized carbons (Fsp3) is 0.500. The Morgan fingerprint density at radius 1 is 1.40 bits per heavy atom. The molecule has 2 nitrogen and oxygen atoms in total. The molecule has 0 amide bonds. The molecule has 1 aromatic carbocycles. The summed E-state index contributed by atoms with van der Waals surface area (Å²) in [6, 6.07) is 5.64. The Kier molecular flexibility index (Phi) is 4.43. The van der Waals surface area contributed by atoms with E-state index in [4.69, 9.17) is 16.3 Å². The molecule has 1 N–H and O–H groups in total. The summed E-state index contributed by atoms with van der Waals surface area (Å²) in [4.78, 5) is 0. The molecular weight excluding hydrogens is 212 g/mol. The molecule has 0 bridgehead atoms. The number of hydrogen-bond donors (Lipinski definition) is 1. The Morgan fingerprint density at radius 2 is 2.07 bits per heavy atom. The van der Waals surface area contributed by atoms with E-state index >= 15 is 0 Å². The van der Waals surface area contributed by atoms with Gasteiger partial charge in [0.2, 0.25) is 0 Å². The van der Waals surface area contributed by atoms with Crippen LogP contribution in [0.25, 0.3) is 0 Å². The van der Waals surface area contributed by atoms with Crippen molar-refractivity contribution in [2.24, 2.45) is 0 Å². The van der Waals surface area contributed by atoms with Crippen LogP contribution in [-0.2, 0) is 0 Å². The first-order chi connectivity index (χ1) is 7.06. The summed E-state index contributed by atoms with van der Waals surface area (Å²) in [7, 11) is 0. The van der Waals surface area contributed by atoms with E-state index in [9.17, 15) is 5.11 Å². The van der Waals surface area contributed by atoms with Crippen LogP contribution >= 0.6 is 11.6 Å². The van der Waals surface area contributed by atoms with Crippen molar-refractivity contribution in [3.63, 3.8) is 0 Å². The topological polar surface area (TPSA) is 29.5 Å². The highest BCUT2D eigenvalue weighted by Gasteiger charge is 2.13. The van der Waals surface area contributed by atoms with Gasteiger partial charge in [0, 0.05) is 5.92 Å². The molecule has 0 spiro atoms. The van der Waals surface area contributed by atoms with E-state index in [1.807, 2.05) is 32.0 Å². The number of benzene rings is 1. The number of rotatable bonds is 4. The van der Waals surface area contributed by atoms with E-state index in [0.29, 0.717) is 17.4 Å². The second-order valence-electron chi connectivity index (χ2n) is 3.65. The molecule has 0 saturated heterocycles. The maximum atomic E-state index is 9.46. The Balaban J connectivity index is 2.90. The van der Waals surface area contributed by atoms with Gasteiger partial charge in [0.25, 0.3) is 0 Å². The summed E-state index contributed by atoms with van der Waals surface area (Å²) in [5.41, 5.74) is 1.03. The van der Waals surface area contributed by atoms with Crippen molar-refractivity contribution in [2.45, 2.75) is 32.8 Å². The first-order valence-corrected chi connectivity index (χ1v) is 5.54. The molecule has 15 heavy (non-hydrogen) atoms. The molecule has 1 rings (SSSR count). The van der Waals surface area contributed by atoms with Gasteiger partial charge >= 0.3 is 0 Å². The lowest BCUT2D eigenvalue weighted by Gasteiger charge is -2.16. The lowest BCUT2D eigenvalue weighted by molar-refractivity contribution is 0.169. The zero-order valence-electron chi connectivity index (χ0n) is 9.33. The van der Waals surface area contributed by atoms with Crippen LogP contribution in [0.4, 0.5) is 0 Å². The van der Waals surface area contributed by atoms with Crippen molar-refractivity contribution in [3.8, 4) is 5.75 Å². The predicted molar refractivity (Wildman–Crippen MR) is 62.7 cm³/mol. The minimum atomic E-state index is -0.376. The van der Waals surface area contributed by atoms with Gasteiger partial charge in [-0.3, -0.25) is 0 Å². The van der Waals surface area contributed by atoms with Gasteiger partial charge in [0.15, 0.2) is 0 Å². The number of hydrogen-bond acceptors (Lipinski definition) is 2. The van der Waals surface area contributed by atoms with Gasteiger partial charge in [-0.1, -0.05) is 24.6 Å². The van der Waals surface area contributed by atoms with Gasteiger partial charge in [0.1, 0.15) is 5.75 Å². The molecule has 3 heteroatoms. The third-order valence-corrected chi connectivity index (χ3v) is 2.80. The Morgan fingerprint density at radius 3 is 2.53 bits per heavy atom. The summed E-state index contributed by atoms with van der Waals surface area (Å²) in [5.74, 6) is 0.777. The second kappa shape index (κ2) is 5.38. The summed E-state index contributed by atoms with van der Waals surface area (Å²) in [6.45, 7) is 6.26. The van der Waals surface area contributed by atoms with Crippen LogP contribution < -0.4 is 4.74 Å². The SMILES string of the molecule is CCOc1ccc(C(C)C(C)O)cc1Cl. The number of aliphatic hydroxyl groups is 1. The van der Waals surface area contributed by atoms with Crippen LogP contribution in [-0.4, -0.2) is 17.8 Å². The number of ether oxygens (including phenoxy) is 1. The number of halogens is 1. The largest absolute Gasteiger partial charge is 0.492 e. The molecule has 2 atom stereocenters. The molecule has 84 valence electrons. The molecule has 0 radical (unpaired) electrons. The van der Waals surface area contributed by atoms with Crippen molar-refractivity contribution in [3.05, 3.63) is 28.8 Å². The van der Waals surface area contributed by atoms with Crippen LogP contribution in [0.5, 0.6) is 5.75 Å². The van der Waals surface area contributed by atoms with Gasteiger partial charge in [-0.15, -0.1) is 0 Å². The second-order valence-corrected chi connectivity index (χ2v) is 4.06. The third-order valence-electron chi connectivity index (χ3n) is 2.51. The maximum Gasteiger partial charge on any atom is 0.137 e. The lowest BCUT2D eigenvalue weighted by Crippen LogP contribution is -2.10. The van der Waals surface area contributed by atoms with E-state index in [0.717, 1.165) is 5.56 Å². The zero-order chi connectivity index (χ0) is 11.4. The van der Waals surface area contributed by atoms with Gasteiger partial charge in [-0.25, -0.2) is 0 Å². The molecule has 0 heterocycles. The van der Waals surface area contributed by atoms with Gasteiger partial charge in [0.05, 0.1) is 17.7 Å². The Bertz CT molecular complexity index is 323. The van der Waals surface area contributed by atoms with E-state index < -0.39 is 0 Å². The van der Waals surface area contributed by atoms with Crippen molar-refractivity contribution >= 4 is 11.6 Å². The summed E-state index contributed by atoms with van der Waals surface area (Å²) in [6.07, 6.45) is -0.376. The summed E-state index contributed by atoms with van der Waals surface area (Å²) >= 11 is 6.05. The average molecular weight is 229 g/mol. The van der Waals surface area contributed by atoms with Crippen LogP contribution in [0.3, 0.4) is 0 Å². The lowest BCUT2D eigenvalue weighted by atomic mass is 9.96. The molecule has 1 aromatic rings. The van der Waals surface area contributed by atoms with E-state index in [1.165, 1.54) is 0 Å². The Hall–Kier alpha value is -0.730. The third kappa shape index (κ3) is 3.11. The van der Waals surface area contributed by atoms with Gasteiger partial charge < -0.3 is 9.84 Å². The highest BCUT2D eigenvalue weighted by molar-refractivity contribution is 6.32. The standard InChI is InChI=1S/C12H17ClO2/c1-4-15-12-6-5-10(7-11(12)13)8(2)9(3)14/h5-9,14H,4H2,1-3H3. The van der Waals surface area contributed by atoms with E-state index in [-0.39, 0.29) is 12.0 Å². The first kappa shape index (κ1) is 12.3. The predicted octanol–water partition coefficient (Wildman–Crippen LogP) is 3.22. The summed E-state index contributed by atoms with van der Waals surface area (Å²) < 4.78 is 5.34. The van der Waals surface area contributed by atoms with E-state index in [1.54, 1.807) is 6.92 Å². The molecule has 0 aliphatic rings. The molecule has 0 aliphatic carbocycles. The molecular formula is C12H17ClO2. The normalized spacial score (nSPS) is 14.7. The fourth-order valence-electron chi connectivity index (χ4n) is 1.35. The fourth-order valence-corrected chi connectivity index (χ4v) is 1.59. The van der Waals surface area contributed by atoms with Crippen LogP contribution in [0, 0.1) is 0 Å². The highest BCUT2D eigenvalue weighted by atomic mass is 35.5. The van der Waals surface area contributed by atoms with E-state index in [2.05, 4.69) is 0 Å². The monoisotopic (exact) mass is 228 g/mol. The van der Waals surface area contributed by atoms with Gasteiger partial charge in [-0.2, -0.15) is 0 Å². The Labute approximate surface area is 95.8 Å². The van der Waals surface area contributed by atoms with Crippen molar-refractivity contribution < 1.29 is 9.84 Å². The smallest absolute Gasteiger partial charge is 0.137 e.